The Balaban J connectivity index is 2.06. The smallest absolute Gasteiger partial charge is 0.407 e. The van der Waals surface area contributed by atoms with Gasteiger partial charge in [-0.3, -0.25) is 4.98 Å². The van der Waals surface area contributed by atoms with Gasteiger partial charge in [-0.25, -0.2) is 4.79 Å². The van der Waals surface area contributed by atoms with Crippen LogP contribution in [0.2, 0.25) is 0 Å². The van der Waals surface area contributed by atoms with Gasteiger partial charge in [0.1, 0.15) is 0 Å². The third-order valence-corrected chi connectivity index (χ3v) is 4.58. The fourth-order valence-corrected chi connectivity index (χ4v) is 3.25. The molecule has 1 aromatic carbocycles. The van der Waals surface area contributed by atoms with Crippen LogP contribution < -0.4 is 9.47 Å². The maximum Gasteiger partial charge on any atom is 0.407 e. The average molecular weight is 354 g/mol. The molecule has 2 heterocycles. The molecule has 0 atom stereocenters. The average Bonchev–Trinajstić information content (AvgIpc) is 2.69. The Kier molecular flexibility index (Phi) is 5.41. The predicted octanol–water partition coefficient (Wildman–Crippen LogP) is 3.67. The van der Waals surface area contributed by atoms with Crippen LogP contribution in [0.1, 0.15) is 24.1 Å². The van der Waals surface area contributed by atoms with Crippen molar-refractivity contribution in [3.8, 4) is 11.5 Å². The summed E-state index contributed by atoms with van der Waals surface area (Å²) in [6.07, 6.45) is 2.27. The van der Waals surface area contributed by atoms with Gasteiger partial charge in [-0.05, 0) is 42.7 Å². The Bertz CT molecular complexity index is 808. The highest BCUT2D eigenvalue weighted by molar-refractivity contribution is 5.82. The molecule has 0 spiro atoms. The molecule has 3 rings (SSSR count). The molecule has 1 N–H and O–H groups in total. The van der Waals surface area contributed by atoms with Crippen LogP contribution in [0.3, 0.4) is 0 Å². The molecule has 0 bridgehead atoms. The van der Waals surface area contributed by atoms with Crippen LogP contribution in [0, 0.1) is 0 Å². The van der Waals surface area contributed by atoms with Gasteiger partial charge < -0.3 is 19.5 Å². The van der Waals surface area contributed by atoms with Gasteiger partial charge in [0.15, 0.2) is 11.5 Å². The molecule has 1 fully saturated rings. The molecule has 6 heteroatoms. The lowest BCUT2D eigenvalue weighted by atomic mass is 9.90. The number of nitrogens with zero attached hydrogens (tertiary/aromatic N) is 2. The summed E-state index contributed by atoms with van der Waals surface area (Å²) < 4.78 is 10.8. The van der Waals surface area contributed by atoms with Crippen LogP contribution in [-0.2, 0) is 0 Å². The van der Waals surface area contributed by atoms with Crippen LogP contribution in [0.25, 0.3) is 5.57 Å². The quantitative estimate of drug-likeness (QED) is 0.907. The summed E-state index contributed by atoms with van der Waals surface area (Å²) in [5, 5.41) is 9.19. The first-order chi connectivity index (χ1) is 12.6. The van der Waals surface area contributed by atoms with Gasteiger partial charge in [0, 0.05) is 24.9 Å². The van der Waals surface area contributed by atoms with Gasteiger partial charge >= 0.3 is 6.09 Å². The van der Waals surface area contributed by atoms with Gasteiger partial charge in [0.05, 0.1) is 19.9 Å². The minimum Gasteiger partial charge on any atom is -0.493 e. The van der Waals surface area contributed by atoms with Crippen LogP contribution in [0.5, 0.6) is 11.5 Å². The van der Waals surface area contributed by atoms with Crippen LogP contribution in [0.4, 0.5) is 4.79 Å². The van der Waals surface area contributed by atoms with Crippen LogP contribution in [0.15, 0.2) is 48.2 Å². The summed E-state index contributed by atoms with van der Waals surface area (Å²) in [5.74, 6) is 1.32. The van der Waals surface area contributed by atoms with Gasteiger partial charge in [-0.1, -0.05) is 17.7 Å². The molecule has 0 saturated carbocycles. The lowest BCUT2D eigenvalue weighted by Crippen LogP contribution is -2.35. The lowest BCUT2D eigenvalue weighted by molar-refractivity contribution is 0.142. The first-order valence-corrected chi connectivity index (χ1v) is 8.47. The molecule has 1 saturated heterocycles. The second-order valence-electron chi connectivity index (χ2n) is 6.03. The molecule has 2 aromatic rings. The predicted molar refractivity (Wildman–Crippen MR) is 98.6 cm³/mol. The minimum atomic E-state index is -0.866. The van der Waals surface area contributed by atoms with Gasteiger partial charge in [-0.2, -0.15) is 0 Å². The lowest BCUT2D eigenvalue weighted by Gasteiger charge is -2.28. The number of carbonyl (C=O) groups is 1. The van der Waals surface area contributed by atoms with Crippen molar-refractivity contribution >= 4 is 11.7 Å². The van der Waals surface area contributed by atoms with Crippen molar-refractivity contribution < 1.29 is 19.4 Å². The summed E-state index contributed by atoms with van der Waals surface area (Å²) in [7, 11) is 3.22. The van der Waals surface area contributed by atoms with Crippen molar-refractivity contribution in [1.82, 2.24) is 9.88 Å². The van der Waals surface area contributed by atoms with E-state index in [9.17, 15) is 9.90 Å². The second-order valence-corrected chi connectivity index (χ2v) is 6.03. The van der Waals surface area contributed by atoms with E-state index in [4.69, 9.17) is 9.47 Å². The zero-order valence-corrected chi connectivity index (χ0v) is 14.9. The monoisotopic (exact) mass is 354 g/mol. The normalized spacial score (nSPS) is 14.1. The minimum absolute atomic E-state index is 0.494. The first-order valence-electron chi connectivity index (χ1n) is 8.47. The highest BCUT2D eigenvalue weighted by Crippen LogP contribution is 2.36. The molecular formula is C20H22N2O4. The van der Waals surface area contributed by atoms with E-state index >= 15 is 0 Å². The summed E-state index contributed by atoms with van der Waals surface area (Å²) in [6, 6.07) is 11.6. The van der Waals surface area contributed by atoms with Crippen molar-refractivity contribution in [1.29, 1.82) is 0 Å². The highest BCUT2D eigenvalue weighted by atomic mass is 16.5. The van der Waals surface area contributed by atoms with Gasteiger partial charge in [0.25, 0.3) is 0 Å². The number of benzene rings is 1. The number of pyridine rings is 1. The number of piperidine rings is 1. The fourth-order valence-electron chi connectivity index (χ4n) is 3.25. The zero-order valence-electron chi connectivity index (χ0n) is 14.9. The van der Waals surface area contributed by atoms with Crippen molar-refractivity contribution in [3.05, 3.63) is 59.4 Å². The Morgan fingerprint density at radius 3 is 2.38 bits per heavy atom. The molecule has 1 aliphatic rings. The van der Waals surface area contributed by atoms with E-state index < -0.39 is 6.09 Å². The van der Waals surface area contributed by atoms with Crippen molar-refractivity contribution in [2.75, 3.05) is 27.3 Å². The fraction of sp³-hybridized carbons (Fsp3) is 0.300. The Hall–Kier alpha value is -3.02. The number of rotatable bonds is 4. The molecule has 136 valence electrons. The van der Waals surface area contributed by atoms with E-state index in [-0.39, 0.29) is 0 Å². The number of ether oxygens (including phenoxy) is 2. The number of methoxy groups -OCH3 is 2. The van der Waals surface area contributed by atoms with E-state index in [0.29, 0.717) is 37.4 Å². The zero-order chi connectivity index (χ0) is 18.5. The largest absolute Gasteiger partial charge is 0.493 e. The number of hydrogen-bond donors (Lipinski definition) is 1. The van der Waals surface area contributed by atoms with E-state index in [1.54, 1.807) is 20.4 Å². The van der Waals surface area contributed by atoms with Crippen LogP contribution >= 0.6 is 0 Å². The molecular weight excluding hydrogens is 332 g/mol. The topological polar surface area (TPSA) is 71.9 Å². The Labute approximate surface area is 152 Å². The van der Waals surface area contributed by atoms with E-state index in [2.05, 4.69) is 4.98 Å². The molecule has 1 aliphatic heterocycles. The number of carboxylic acid groups (broad SMARTS) is 1. The summed E-state index contributed by atoms with van der Waals surface area (Å²) in [6.45, 7) is 0.989. The van der Waals surface area contributed by atoms with Gasteiger partial charge in [0.2, 0.25) is 0 Å². The molecule has 0 unspecified atom stereocenters. The third kappa shape index (κ3) is 3.64. The van der Waals surface area contributed by atoms with Crippen molar-refractivity contribution in [2.24, 2.45) is 0 Å². The molecule has 1 amide bonds. The summed E-state index contributed by atoms with van der Waals surface area (Å²) in [4.78, 5) is 17.2. The molecule has 1 aromatic heterocycles. The van der Waals surface area contributed by atoms with E-state index in [1.807, 2.05) is 36.4 Å². The summed E-state index contributed by atoms with van der Waals surface area (Å²) in [5.41, 5.74) is 4.10. The van der Waals surface area contributed by atoms with E-state index in [1.165, 1.54) is 10.5 Å². The summed E-state index contributed by atoms with van der Waals surface area (Å²) >= 11 is 0. The number of likely N-dealkylation sites (tertiary alicyclic amines) is 1. The maximum absolute atomic E-state index is 11.2. The SMILES string of the molecule is COc1ccc(C(=C2CCN(C(=O)O)CC2)c2ccccn2)cc1OC. The molecule has 6 nitrogen and oxygen atoms in total. The maximum atomic E-state index is 11.2. The molecule has 26 heavy (non-hydrogen) atoms. The number of aromatic nitrogens is 1. The third-order valence-electron chi connectivity index (χ3n) is 4.58. The Morgan fingerprint density at radius 2 is 1.81 bits per heavy atom. The standard InChI is InChI=1S/C20H22N2O4/c1-25-17-7-6-15(13-18(17)26-2)19(16-5-3-4-10-21-16)14-8-11-22(12-9-14)20(23)24/h3-7,10,13H,8-9,11-12H2,1-2H3,(H,23,24). The van der Waals surface area contributed by atoms with E-state index in [0.717, 1.165) is 16.8 Å². The molecule has 0 aliphatic carbocycles. The second kappa shape index (κ2) is 7.91. The number of amides is 1. The van der Waals surface area contributed by atoms with Crippen molar-refractivity contribution in [2.45, 2.75) is 12.8 Å². The Morgan fingerprint density at radius 1 is 1.08 bits per heavy atom. The number of hydrogen-bond acceptors (Lipinski definition) is 4. The van der Waals surface area contributed by atoms with Crippen LogP contribution in [-0.4, -0.2) is 48.4 Å². The van der Waals surface area contributed by atoms with Crippen molar-refractivity contribution in [3.63, 3.8) is 0 Å². The molecule has 0 radical (unpaired) electrons. The van der Waals surface area contributed by atoms with Gasteiger partial charge in [-0.15, -0.1) is 0 Å². The highest BCUT2D eigenvalue weighted by Gasteiger charge is 2.22. The first kappa shape index (κ1) is 17.8.